The third-order valence-electron chi connectivity index (χ3n) is 9.89. The topological polar surface area (TPSA) is 153 Å². The molecule has 4 atom stereocenters. The van der Waals surface area contributed by atoms with Crippen molar-refractivity contribution in [2.24, 2.45) is 0 Å². The molecule has 1 aromatic carbocycles. The van der Waals surface area contributed by atoms with Gasteiger partial charge in [0.2, 0.25) is 0 Å². The molecule has 4 rings (SSSR count). The highest BCUT2D eigenvalue weighted by Crippen LogP contribution is 2.45. The molecule has 3 heterocycles. The van der Waals surface area contributed by atoms with Gasteiger partial charge in [-0.3, -0.25) is 14.7 Å². The molecule has 1 fully saturated rings. The van der Waals surface area contributed by atoms with Crippen LogP contribution in [-0.4, -0.2) is 71.0 Å². The number of aromatic nitrogens is 4. The van der Waals surface area contributed by atoms with Gasteiger partial charge in [-0.05, 0) is 91.8 Å². The van der Waals surface area contributed by atoms with Gasteiger partial charge >= 0.3 is 5.97 Å². The fourth-order valence-electron chi connectivity index (χ4n) is 5.10. The number of benzene rings is 1. The van der Waals surface area contributed by atoms with Crippen molar-refractivity contribution in [2.75, 3.05) is 5.32 Å². The van der Waals surface area contributed by atoms with Crippen LogP contribution in [0.15, 0.2) is 30.9 Å². The van der Waals surface area contributed by atoms with Crippen molar-refractivity contribution in [2.45, 2.75) is 142 Å². The second kappa shape index (κ2) is 14.5. The Morgan fingerprint density at radius 3 is 2.28 bits per heavy atom. The van der Waals surface area contributed by atoms with Crippen LogP contribution in [0.5, 0.6) is 0 Å². The third kappa shape index (κ3) is 9.09. The highest BCUT2D eigenvalue weighted by Gasteiger charge is 2.53. The Balaban J connectivity index is 1.73. The summed E-state index contributed by atoms with van der Waals surface area (Å²) in [7, 11) is -4.86. The summed E-state index contributed by atoms with van der Waals surface area (Å²) in [5.74, 6) is -0.0519. The monoisotopic (exact) mass is 840 g/mol. The fraction of sp³-hybridized carbons (Fsp3) is 0.647. The van der Waals surface area contributed by atoms with E-state index in [1.807, 2.05) is 31.4 Å². The standard InChI is InChI=1S/C34H53IN6O7Si2/c1-32(2,3)46-31(42)28(48-50(12,13)34(7,8)9)27-24(47-49(10,11)33(4,5)6)17-25(45-27)40-20-39-26-29(37-19-38-30(26)40)36-18-21-14-15-22(35)16-23(21)41(43)44/h14-16,19-20,24-25,27-28H,17-18H2,1-13H3,(H,36,37,38)/t24-,25+,27-,28?/m0/s1. The van der Waals surface area contributed by atoms with Crippen LogP contribution in [0.3, 0.4) is 0 Å². The number of hydrogen-bond acceptors (Lipinski definition) is 11. The number of carbonyl (C=O) groups excluding carboxylic acids is 1. The van der Waals surface area contributed by atoms with E-state index in [1.165, 1.54) is 12.4 Å². The lowest BCUT2D eigenvalue weighted by Crippen LogP contribution is -2.55. The van der Waals surface area contributed by atoms with Crippen LogP contribution in [0.25, 0.3) is 11.2 Å². The van der Waals surface area contributed by atoms with Crippen LogP contribution in [-0.2, 0) is 29.7 Å². The summed E-state index contributed by atoms with van der Waals surface area (Å²) in [5.41, 5.74) is 0.799. The highest BCUT2D eigenvalue weighted by atomic mass is 127. The van der Waals surface area contributed by atoms with Gasteiger partial charge in [0.15, 0.2) is 39.7 Å². The number of nitro groups is 1. The highest BCUT2D eigenvalue weighted by molar-refractivity contribution is 14.1. The predicted molar refractivity (Wildman–Crippen MR) is 207 cm³/mol. The number of esters is 1. The Labute approximate surface area is 311 Å². The zero-order valence-electron chi connectivity index (χ0n) is 31.6. The van der Waals surface area contributed by atoms with Crippen LogP contribution in [0.2, 0.25) is 36.3 Å². The average molecular weight is 841 g/mol. The largest absolute Gasteiger partial charge is 0.458 e. The lowest BCUT2D eigenvalue weighted by molar-refractivity contribution is -0.385. The van der Waals surface area contributed by atoms with E-state index in [4.69, 9.17) is 18.3 Å². The molecule has 1 aliphatic heterocycles. The summed E-state index contributed by atoms with van der Waals surface area (Å²) in [6, 6.07) is 5.09. The van der Waals surface area contributed by atoms with E-state index in [1.54, 1.807) is 12.4 Å². The van der Waals surface area contributed by atoms with Crippen molar-refractivity contribution in [3.63, 3.8) is 0 Å². The van der Waals surface area contributed by atoms with E-state index in [0.29, 0.717) is 29.0 Å². The van der Waals surface area contributed by atoms with Crippen molar-refractivity contribution >= 4 is 67.9 Å². The van der Waals surface area contributed by atoms with E-state index >= 15 is 0 Å². The van der Waals surface area contributed by atoms with Crippen LogP contribution < -0.4 is 5.32 Å². The number of imidazole rings is 1. The van der Waals surface area contributed by atoms with Crippen LogP contribution in [0.4, 0.5) is 11.5 Å². The molecule has 1 aliphatic rings. The summed E-state index contributed by atoms with van der Waals surface area (Å²) < 4.78 is 29.3. The summed E-state index contributed by atoms with van der Waals surface area (Å²) >= 11 is 2.06. The number of anilines is 1. The molecular formula is C34H53IN6O7Si2. The number of nitrogens with one attached hydrogen (secondary N) is 1. The lowest BCUT2D eigenvalue weighted by Gasteiger charge is -2.43. The maximum atomic E-state index is 14.0. The first-order valence-electron chi connectivity index (χ1n) is 16.9. The predicted octanol–water partition coefficient (Wildman–Crippen LogP) is 8.36. The zero-order chi connectivity index (χ0) is 37.6. The maximum Gasteiger partial charge on any atom is 0.337 e. The second-order valence-corrected chi connectivity index (χ2v) is 27.7. The Bertz CT molecular complexity index is 1710. The minimum Gasteiger partial charge on any atom is -0.458 e. The van der Waals surface area contributed by atoms with E-state index < -0.39 is 52.7 Å². The molecule has 0 aliphatic carbocycles. The second-order valence-electron chi connectivity index (χ2n) is 17.0. The molecular weight excluding hydrogens is 787 g/mol. The number of nitrogens with zero attached hydrogens (tertiary/aromatic N) is 5. The third-order valence-corrected chi connectivity index (χ3v) is 19.5. The summed E-state index contributed by atoms with van der Waals surface area (Å²) in [6.45, 7) is 27.2. The number of ether oxygens (including phenoxy) is 2. The minimum atomic E-state index is -2.51. The molecule has 2 aromatic heterocycles. The fourth-order valence-corrected chi connectivity index (χ4v) is 8.14. The van der Waals surface area contributed by atoms with E-state index in [9.17, 15) is 14.9 Å². The molecule has 276 valence electrons. The number of hydrogen-bond donors (Lipinski definition) is 1. The van der Waals surface area contributed by atoms with Crippen molar-refractivity contribution in [3.8, 4) is 0 Å². The van der Waals surface area contributed by atoms with Crippen LogP contribution in [0.1, 0.15) is 80.5 Å². The molecule has 0 bridgehead atoms. The van der Waals surface area contributed by atoms with Crippen molar-refractivity contribution < 1.29 is 28.0 Å². The van der Waals surface area contributed by atoms with Gasteiger partial charge in [-0.15, -0.1) is 0 Å². The van der Waals surface area contributed by atoms with E-state index in [0.717, 1.165) is 3.57 Å². The van der Waals surface area contributed by atoms with E-state index in [2.05, 4.69) is 111 Å². The molecule has 16 heteroatoms. The van der Waals surface area contributed by atoms with Gasteiger partial charge in [0.25, 0.3) is 5.69 Å². The minimum absolute atomic E-state index is 0.0258. The molecule has 1 unspecified atom stereocenters. The molecule has 1 N–H and O–H groups in total. The molecule has 3 aromatic rings. The molecule has 50 heavy (non-hydrogen) atoms. The van der Waals surface area contributed by atoms with Gasteiger partial charge in [-0.25, -0.2) is 19.7 Å². The SMILES string of the molecule is CC(C)(C)OC(=O)C(O[Si](C)(C)C(C)(C)C)[C@H]1O[C@@H](n2cnc3c(NCc4ccc(I)cc4[N+](=O)[O-])ncnc32)C[C@@H]1O[Si](C)(C)C(C)(C)C. The normalized spacial score (nSPS) is 19.8. The molecule has 13 nitrogen and oxygen atoms in total. The smallest absolute Gasteiger partial charge is 0.337 e. The molecule has 0 amide bonds. The van der Waals surface area contributed by atoms with Crippen molar-refractivity contribution in [1.82, 2.24) is 19.5 Å². The van der Waals surface area contributed by atoms with Crippen LogP contribution in [0, 0.1) is 13.7 Å². The van der Waals surface area contributed by atoms with Gasteiger partial charge in [0.1, 0.15) is 24.3 Å². The lowest BCUT2D eigenvalue weighted by atomic mass is 10.1. The molecule has 1 saturated heterocycles. The zero-order valence-corrected chi connectivity index (χ0v) is 35.7. The van der Waals surface area contributed by atoms with Gasteiger partial charge in [-0.2, -0.15) is 0 Å². The number of rotatable bonds is 11. The Morgan fingerprint density at radius 2 is 1.70 bits per heavy atom. The quantitative estimate of drug-likeness (QED) is 0.0652. The summed E-state index contributed by atoms with van der Waals surface area (Å²) in [5, 5.41) is 14.6. The maximum absolute atomic E-state index is 14.0. The molecule has 0 radical (unpaired) electrons. The number of halogens is 1. The summed E-state index contributed by atoms with van der Waals surface area (Å²) in [6.07, 6.45) is 0.619. The van der Waals surface area contributed by atoms with Crippen LogP contribution >= 0.6 is 22.6 Å². The number of carbonyl (C=O) groups is 1. The van der Waals surface area contributed by atoms with Gasteiger partial charge in [0.05, 0.1) is 17.4 Å². The average Bonchev–Trinajstić information content (AvgIpc) is 3.57. The Morgan fingerprint density at radius 1 is 1.06 bits per heavy atom. The number of fused-ring (bicyclic) bond motifs is 1. The summed E-state index contributed by atoms with van der Waals surface area (Å²) in [4.78, 5) is 39.0. The molecule has 0 saturated carbocycles. The Kier molecular flexibility index (Phi) is 11.7. The van der Waals surface area contributed by atoms with Gasteiger partial charge in [-0.1, -0.05) is 41.5 Å². The van der Waals surface area contributed by atoms with Gasteiger partial charge in [0, 0.05) is 28.2 Å². The Hall–Kier alpha value is -2.52. The first kappa shape index (κ1) is 40.3. The van der Waals surface area contributed by atoms with E-state index in [-0.39, 0.29) is 27.2 Å². The number of nitro benzene ring substituents is 1. The first-order chi connectivity index (χ1) is 22.8. The first-order valence-corrected chi connectivity index (χ1v) is 23.8. The molecule has 0 spiro atoms. The van der Waals surface area contributed by atoms with Gasteiger partial charge < -0.3 is 23.6 Å². The van der Waals surface area contributed by atoms with Crippen molar-refractivity contribution in [1.29, 1.82) is 0 Å². The van der Waals surface area contributed by atoms with Crippen molar-refractivity contribution in [3.05, 3.63) is 50.1 Å².